The molecule has 178 valence electrons. The number of H-pyrrole nitrogens is 1. The maximum absolute atomic E-state index is 13.0. The number of pyridine rings is 1. The highest BCUT2D eigenvalue weighted by atomic mass is 32.2. The molecule has 0 bridgehead atoms. The van der Waals surface area contributed by atoms with Gasteiger partial charge in [-0.2, -0.15) is 0 Å². The third-order valence-corrected chi connectivity index (χ3v) is 7.66. The number of hydrogen-bond donors (Lipinski definition) is 1. The predicted octanol–water partition coefficient (Wildman–Crippen LogP) is 3.41. The van der Waals surface area contributed by atoms with E-state index in [1.807, 2.05) is 41.3 Å². The van der Waals surface area contributed by atoms with Crippen molar-refractivity contribution >= 4 is 32.5 Å². The Bertz CT molecular complexity index is 1430. The molecule has 7 nitrogen and oxygen atoms in total. The third kappa shape index (κ3) is 5.18. The van der Waals surface area contributed by atoms with Crippen LogP contribution in [-0.4, -0.2) is 50.3 Å². The summed E-state index contributed by atoms with van der Waals surface area (Å²) in [7, 11) is -3.81. The van der Waals surface area contributed by atoms with Gasteiger partial charge in [0.15, 0.2) is 11.1 Å². The number of anilines is 1. The molecule has 4 aromatic rings. The Morgan fingerprint density at radius 3 is 2.29 bits per heavy atom. The minimum atomic E-state index is -3.81. The molecule has 1 aromatic heterocycles. The smallest absolute Gasteiger partial charge is 0.268 e. The van der Waals surface area contributed by atoms with Gasteiger partial charge in [0, 0.05) is 55.4 Å². The number of hydrogen-bond acceptors (Lipinski definition) is 4. The van der Waals surface area contributed by atoms with E-state index in [4.69, 9.17) is 0 Å². The number of nitrogens with one attached hydrogen (secondary N) is 2. The molecule has 2 heterocycles. The molecular formula is C27H27N4O3S+. The van der Waals surface area contributed by atoms with Crippen LogP contribution in [0.4, 0.5) is 5.69 Å². The lowest BCUT2D eigenvalue weighted by Gasteiger charge is -2.34. The van der Waals surface area contributed by atoms with E-state index < -0.39 is 10.0 Å². The monoisotopic (exact) mass is 487 g/mol. The van der Waals surface area contributed by atoms with Gasteiger partial charge < -0.3 is 4.90 Å². The van der Waals surface area contributed by atoms with Crippen LogP contribution in [0.1, 0.15) is 15.9 Å². The summed E-state index contributed by atoms with van der Waals surface area (Å²) < 4.78 is 28.7. The second-order valence-corrected chi connectivity index (χ2v) is 10.3. The normalized spacial score (nSPS) is 14.7. The SMILES string of the molecule is O=C(c1ccc(NS(=O)(=O)c2cccc3ccc[nH+]c23)cc1)N1CCN(Cc2ccccc2)CC1. The molecule has 0 spiro atoms. The number of carbonyl (C=O) groups excluding carboxylic acids is 1. The fourth-order valence-corrected chi connectivity index (χ4v) is 5.63. The fourth-order valence-electron chi connectivity index (χ4n) is 4.37. The summed E-state index contributed by atoms with van der Waals surface area (Å²) in [5.41, 5.74) is 2.76. The van der Waals surface area contributed by atoms with Gasteiger partial charge in [0.25, 0.3) is 15.9 Å². The van der Waals surface area contributed by atoms with E-state index in [1.165, 1.54) is 5.56 Å². The van der Waals surface area contributed by atoms with Crippen LogP contribution in [0.25, 0.3) is 10.9 Å². The number of fused-ring (bicyclic) bond motifs is 1. The molecule has 1 aliphatic heterocycles. The van der Waals surface area contributed by atoms with Gasteiger partial charge in [0.05, 0.1) is 0 Å². The zero-order chi connectivity index (χ0) is 24.3. The number of carbonyl (C=O) groups is 1. The Morgan fingerprint density at radius 1 is 0.829 bits per heavy atom. The summed E-state index contributed by atoms with van der Waals surface area (Å²) in [4.78, 5) is 20.4. The zero-order valence-electron chi connectivity index (χ0n) is 19.2. The largest absolute Gasteiger partial charge is 0.336 e. The number of aromatic amines is 1. The molecule has 0 radical (unpaired) electrons. The molecule has 2 N–H and O–H groups in total. The first-order valence-electron chi connectivity index (χ1n) is 11.6. The van der Waals surface area contributed by atoms with Gasteiger partial charge in [-0.05, 0) is 48.0 Å². The highest BCUT2D eigenvalue weighted by Crippen LogP contribution is 2.22. The van der Waals surface area contributed by atoms with Crippen LogP contribution in [0.2, 0.25) is 0 Å². The molecular weight excluding hydrogens is 460 g/mol. The van der Waals surface area contributed by atoms with Crippen LogP contribution in [0.5, 0.6) is 0 Å². The van der Waals surface area contributed by atoms with E-state index >= 15 is 0 Å². The van der Waals surface area contributed by atoms with Crippen molar-refractivity contribution in [3.63, 3.8) is 0 Å². The first kappa shape index (κ1) is 23.0. The van der Waals surface area contributed by atoms with E-state index in [2.05, 4.69) is 26.7 Å². The second-order valence-electron chi connectivity index (χ2n) is 8.63. The molecule has 5 rings (SSSR count). The van der Waals surface area contributed by atoms with Crippen molar-refractivity contribution < 1.29 is 18.2 Å². The molecule has 0 saturated carbocycles. The van der Waals surface area contributed by atoms with E-state index in [9.17, 15) is 13.2 Å². The molecule has 1 fully saturated rings. The Hall–Kier alpha value is -3.75. The molecule has 1 amide bonds. The fraction of sp³-hybridized carbons (Fsp3) is 0.185. The van der Waals surface area contributed by atoms with Crippen LogP contribution in [0.15, 0.2) is 96.0 Å². The van der Waals surface area contributed by atoms with E-state index in [0.717, 1.165) is 25.0 Å². The van der Waals surface area contributed by atoms with Crippen LogP contribution >= 0.6 is 0 Å². The first-order chi connectivity index (χ1) is 17.0. The standard InChI is InChI=1S/C27H26N4O3S/c32-27(31-18-16-30(17-19-31)20-21-6-2-1-3-7-21)23-11-13-24(14-12-23)29-35(33,34)25-10-4-8-22-9-5-15-28-26(22)25/h1-15,29H,16-20H2/p+1. The second kappa shape index (κ2) is 9.85. The van der Waals surface area contributed by atoms with Crippen molar-refractivity contribution in [3.8, 4) is 0 Å². The van der Waals surface area contributed by atoms with Crippen LogP contribution in [0.3, 0.4) is 0 Å². The van der Waals surface area contributed by atoms with Crippen LogP contribution in [0, 0.1) is 0 Å². The van der Waals surface area contributed by atoms with Crippen molar-refractivity contribution in [1.82, 2.24) is 9.80 Å². The lowest BCUT2D eigenvalue weighted by molar-refractivity contribution is -0.346. The van der Waals surface area contributed by atoms with Crippen molar-refractivity contribution in [2.24, 2.45) is 0 Å². The summed E-state index contributed by atoms with van der Waals surface area (Å²) in [5, 5.41) is 0.806. The molecule has 1 saturated heterocycles. The lowest BCUT2D eigenvalue weighted by atomic mass is 10.1. The number of aromatic nitrogens is 1. The van der Waals surface area contributed by atoms with Crippen molar-refractivity contribution in [2.75, 3.05) is 30.9 Å². The Kier molecular flexibility index (Phi) is 6.48. The summed E-state index contributed by atoms with van der Waals surface area (Å²) >= 11 is 0. The maximum atomic E-state index is 13.0. The summed E-state index contributed by atoms with van der Waals surface area (Å²) in [6, 6.07) is 25.7. The quantitative estimate of drug-likeness (QED) is 0.452. The number of nitrogens with zero attached hydrogens (tertiary/aromatic N) is 2. The average molecular weight is 488 g/mol. The lowest BCUT2D eigenvalue weighted by Crippen LogP contribution is -2.48. The summed E-state index contributed by atoms with van der Waals surface area (Å²) in [5.74, 6) is -0.0394. The minimum Gasteiger partial charge on any atom is -0.336 e. The van der Waals surface area contributed by atoms with Gasteiger partial charge in [0.2, 0.25) is 5.52 Å². The zero-order valence-corrected chi connectivity index (χ0v) is 20.0. The number of benzene rings is 3. The van der Waals surface area contributed by atoms with Crippen LogP contribution < -0.4 is 9.71 Å². The number of piperazine rings is 1. The van der Waals surface area contributed by atoms with Gasteiger partial charge in [-0.15, -0.1) is 0 Å². The average Bonchev–Trinajstić information content (AvgIpc) is 2.89. The number of sulfonamides is 1. The first-order valence-corrected chi connectivity index (χ1v) is 13.1. The molecule has 0 unspecified atom stereocenters. The van der Waals surface area contributed by atoms with Crippen molar-refractivity contribution in [1.29, 1.82) is 0 Å². The van der Waals surface area contributed by atoms with Gasteiger partial charge >= 0.3 is 0 Å². The summed E-state index contributed by atoms with van der Waals surface area (Å²) in [6.45, 7) is 3.85. The topological polar surface area (TPSA) is 83.9 Å². The minimum absolute atomic E-state index is 0.0394. The maximum Gasteiger partial charge on any atom is 0.268 e. The van der Waals surface area contributed by atoms with Gasteiger partial charge in [-0.1, -0.05) is 36.4 Å². The Labute approximate surface area is 205 Å². The van der Waals surface area contributed by atoms with Gasteiger partial charge in [0.1, 0.15) is 0 Å². The molecule has 1 aliphatic rings. The van der Waals surface area contributed by atoms with E-state index in [1.54, 1.807) is 42.6 Å². The van der Waals surface area contributed by atoms with Gasteiger partial charge in [-0.3, -0.25) is 14.4 Å². The van der Waals surface area contributed by atoms with E-state index in [-0.39, 0.29) is 10.8 Å². The third-order valence-electron chi connectivity index (χ3n) is 6.24. The summed E-state index contributed by atoms with van der Waals surface area (Å²) in [6.07, 6.45) is 1.70. The highest BCUT2D eigenvalue weighted by Gasteiger charge is 2.24. The van der Waals surface area contributed by atoms with Crippen LogP contribution in [-0.2, 0) is 16.6 Å². The molecule has 8 heteroatoms. The Balaban J connectivity index is 1.22. The number of para-hydroxylation sites is 1. The van der Waals surface area contributed by atoms with Crippen molar-refractivity contribution in [2.45, 2.75) is 11.4 Å². The highest BCUT2D eigenvalue weighted by molar-refractivity contribution is 7.93. The molecule has 3 aromatic carbocycles. The molecule has 0 aliphatic carbocycles. The molecule has 35 heavy (non-hydrogen) atoms. The van der Waals surface area contributed by atoms with Gasteiger partial charge in [-0.25, -0.2) is 13.4 Å². The molecule has 0 atom stereocenters. The van der Waals surface area contributed by atoms with Crippen molar-refractivity contribution in [3.05, 3.63) is 102 Å². The van der Waals surface area contributed by atoms with E-state index in [0.29, 0.717) is 29.9 Å². The Morgan fingerprint density at radius 2 is 1.54 bits per heavy atom. The number of rotatable bonds is 6. The number of amides is 1. The predicted molar refractivity (Wildman–Crippen MR) is 135 cm³/mol.